The summed E-state index contributed by atoms with van der Waals surface area (Å²) in [4.78, 5) is 0. The van der Waals surface area contributed by atoms with E-state index in [1.54, 1.807) is 16.6 Å². The minimum atomic E-state index is -0.251. The van der Waals surface area contributed by atoms with E-state index in [0.29, 0.717) is 16.2 Å². The number of nitrogens with zero attached hydrogens (tertiary/aromatic N) is 4. The summed E-state index contributed by atoms with van der Waals surface area (Å²) in [5.41, 5.74) is 1.14. The van der Waals surface area contributed by atoms with E-state index >= 15 is 0 Å². The number of aromatic nitrogens is 4. The largest absolute Gasteiger partial charge is 0.365 e. The lowest BCUT2D eigenvalue weighted by atomic mass is 9.96. The number of anilines is 1. The average Bonchev–Trinajstić information content (AvgIpc) is 3.12. The first kappa shape index (κ1) is 16.3. The third-order valence-electron chi connectivity index (χ3n) is 4.43. The van der Waals surface area contributed by atoms with Crippen LogP contribution in [0, 0.1) is 5.82 Å². The van der Waals surface area contributed by atoms with Gasteiger partial charge in [0.15, 0.2) is 11.5 Å². The fourth-order valence-corrected chi connectivity index (χ4v) is 3.37. The van der Waals surface area contributed by atoms with Crippen molar-refractivity contribution in [2.75, 3.05) is 5.32 Å². The molecule has 130 valence electrons. The van der Waals surface area contributed by atoms with Crippen molar-refractivity contribution in [3.63, 3.8) is 0 Å². The van der Waals surface area contributed by atoms with Crippen LogP contribution >= 0.6 is 11.6 Å². The van der Waals surface area contributed by atoms with Gasteiger partial charge in [0.2, 0.25) is 0 Å². The molecule has 2 heterocycles. The molecule has 1 aliphatic rings. The molecule has 2 unspecified atom stereocenters. The van der Waals surface area contributed by atoms with Crippen molar-refractivity contribution in [2.45, 2.75) is 44.6 Å². The van der Waals surface area contributed by atoms with E-state index in [-0.39, 0.29) is 23.2 Å². The van der Waals surface area contributed by atoms with E-state index < -0.39 is 0 Å². The highest BCUT2D eigenvalue weighted by molar-refractivity contribution is 6.31. The monoisotopic (exact) mass is 359 g/mol. The molecule has 2 atom stereocenters. The Bertz CT molecular complexity index is 926. The average molecular weight is 360 g/mol. The number of benzene rings is 1. The summed E-state index contributed by atoms with van der Waals surface area (Å²) in [7, 11) is 0. The summed E-state index contributed by atoms with van der Waals surface area (Å²) in [6.07, 6.45) is 0.828. The molecule has 0 spiro atoms. The molecule has 4 rings (SSSR count). The van der Waals surface area contributed by atoms with Crippen LogP contribution in [0.15, 0.2) is 30.3 Å². The highest BCUT2D eigenvalue weighted by Gasteiger charge is 2.41. The fourth-order valence-electron chi connectivity index (χ4n) is 3.06. The Morgan fingerprint density at radius 2 is 2.00 bits per heavy atom. The van der Waals surface area contributed by atoms with Gasteiger partial charge in [0.25, 0.3) is 0 Å². The Hall–Kier alpha value is -2.21. The normalized spacial score (nSPS) is 20.0. The van der Waals surface area contributed by atoms with Gasteiger partial charge in [0.1, 0.15) is 11.6 Å². The molecule has 1 aliphatic carbocycles. The summed E-state index contributed by atoms with van der Waals surface area (Å²) in [6, 6.07) is 8.68. The smallest absolute Gasteiger partial charge is 0.178 e. The zero-order valence-electron chi connectivity index (χ0n) is 14.3. The Kier molecular flexibility index (Phi) is 3.68. The van der Waals surface area contributed by atoms with E-state index in [9.17, 15) is 4.39 Å². The number of hydrogen-bond donors (Lipinski definition) is 1. The molecule has 1 fully saturated rings. The molecule has 2 aromatic heterocycles. The zero-order chi connectivity index (χ0) is 17.8. The molecule has 0 aliphatic heterocycles. The second-order valence-corrected chi connectivity index (χ2v) is 7.90. The maximum absolute atomic E-state index is 14.1. The van der Waals surface area contributed by atoms with Crippen LogP contribution in [-0.4, -0.2) is 25.9 Å². The van der Waals surface area contributed by atoms with Crippen LogP contribution in [0.2, 0.25) is 5.02 Å². The Balaban J connectivity index is 1.58. The molecule has 0 bridgehead atoms. The summed E-state index contributed by atoms with van der Waals surface area (Å²) >= 11 is 6.16. The van der Waals surface area contributed by atoms with Crippen molar-refractivity contribution in [2.24, 2.45) is 0 Å². The van der Waals surface area contributed by atoms with Gasteiger partial charge in [-0.1, -0.05) is 38.4 Å². The van der Waals surface area contributed by atoms with Crippen molar-refractivity contribution in [1.82, 2.24) is 19.8 Å². The van der Waals surface area contributed by atoms with E-state index in [1.807, 2.05) is 12.1 Å². The molecule has 0 amide bonds. The Labute approximate surface area is 150 Å². The molecule has 1 aromatic carbocycles. The minimum absolute atomic E-state index is 0.0641. The van der Waals surface area contributed by atoms with Crippen molar-refractivity contribution < 1.29 is 4.39 Å². The molecule has 5 nitrogen and oxygen atoms in total. The minimum Gasteiger partial charge on any atom is -0.365 e. The van der Waals surface area contributed by atoms with E-state index in [2.05, 4.69) is 41.4 Å². The molecule has 25 heavy (non-hydrogen) atoms. The van der Waals surface area contributed by atoms with Crippen molar-refractivity contribution >= 4 is 23.1 Å². The van der Waals surface area contributed by atoms with Gasteiger partial charge in [-0.05, 0) is 30.7 Å². The highest BCUT2D eigenvalue weighted by Crippen LogP contribution is 2.46. The number of rotatable bonds is 3. The highest BCUT2D eigenvalue weighted by atomic mass is 35.5. The summed E-state index contributed by atoms with van der Waals surface area (Å²) in [5, 5.41) is 16.9. The quantitative estimate of drug-likeness (QED) is 0.762. The predicted octanol–water partition coefficient (Wildman–Crippen LogP) is 4.18. The first-order valence-corrected chi connectivity index (χ1v) is 8.66. The van der Waals surface area contributed by atoms with Gasteiger partial charge in [-0.3, -0.25) is 0 Å². The van der Waals surface area contributed by atoms with Crippen molar-refractivity contribution in [1.29, 1.82) is 0 Å². The molecule has 7 heteroatoms. The summed E-state index contributed by atoms with van der Waals surface area (Å²) in [5.74, 6) is 1.33. The van der Waals surface area contributed by atoms with E-state index in [4.69, 9.17) is 11.6 Å². The predicted molar refractivity (Wildman–Crippen MR) is 95.7 cm³/mol. The Morgan fingerprint density at radius 3 is 2.72 bits per heavy atom. The summed E-state index contributed by atoms with van der Waals surface area (Å²) in [6.45, 7) is 6.22. The number of fused-ring (bicyclic) bond motifs is 1. The van der Waals surface area contributed by atoms with Crippen LogP contribution in [0.5, 0.6) is 0 Å². The van der Waals surface area contributed by atoms with Crippen LogP contribution < -0.4 is 5.32 Å². The summed E-state index contributed by atoms with van der Waals surface area (Å²) < 4.78 is 15.8. The fraction of sp³-hybridized carbons (Fsp3) is 0.389. The standard InChI is InChI=1S/C18H19ClFN5/c1-18(2,3)17-23-22-15-8-7-14(24-25(15)17)21-13-9-10(13)16-11(19)5-4-6-12(16)20/h4-8,10,13H,9H2,1-3H3,(H,21,24). The van der Waals surface area contributed by atoms with Crippen molar-refractivity contribution in [3.05, 3.63) is 52.6 Å². The van der Waals surface area contributed by atoms with Gasteiger partial charge >= 0.3 is 0 Å². The number of hydrogen-bond acceptors (Lipinski definition) is 4. The van der Waals surface area contributed by atoms with Gasteiger partial charge in [0, 0.05) is 28.0 Å². The van der Waals surface area contributed by atoms with Gasteiger partial charge in [-0.15, -0.1) is 15.3 Å². The second-order valence-electron chi connectivity index (χ2n) is 7.49. The first-order chi connectivity index (χ1) is 11.8. The molecule has 1 N–H and O–H groups in total. The number of halogens is 2. The lowest BCUT2D eigenvalue weighted by Gasteiger charge is -2.15. The van der Waals surface area contributed by atoms with Crippen LogP contribution in [-0.2, 0) is 5.41 Å². The zero-order valence-corrected chi connectivity index (χ0v) is 15.0. The third kappa shape index (κ3) is 2.95. The van der Waals surface area contributed by atoms with Crippen LogP contribution in [0.25, 0.3) is 5.65 Å². The van der Waals surface area contributed by atoms with Crippen LogP contribution in [0.1, 0.15) is 44.5 Å². The molecule has 1 saturated carbocycles. The van der Waals surface area contributed by atoms with Crippen LogP contribution in [0.4, 0.5) is 10.2 Å². The molecule has 3 aromatic rings. The SMILES string of the molecule is CC(C)(C)c1nnc2ccc(NC3CC3c3c(F)cccc3Cl)nn12. The lowest BCUT2D eigenvalue weighted by molar-refractivity contribution is 0.527. The maximum Gasteiger partial charge on any atom is 0.178 e. The van der Waals surface area contributed by atoms with E-state index in [0.717, 1.165) is 18.1 Å². The van der Waals surface area contributed by atoms with Crippen LogP contribution in [0.3, 0.4) is 0 Å². The van der Waals surface area contributed by atoms with Gasteiger partial charge < -0.3 is 5.32 Å². The number of nitrogens with one attached hydrogen (secondary N) is 1. The first-order valence-electron chi connectivity index (χ1n) is 8.28. The third-order valence-corrected chi connectivity index (χ3v) is 4.76. The maximum atomic E-state index is 14.1. The van der Waals surface area contributed by atoms with Gasteiger partial charge in [0.05, 0.1) is 0 Å². The van der Waals surface area contributed by atoms with Gasteiger partial charge in [-0.25, -0.2) is 4.39 Å². The lowest BCUT2D eigenvalue weighted by Crippen LogP contribution is -2.18. The molecule has 0 saturated heterocycles. The topological polar surface area (TPSA) is 55.1 Å². The van der Waals surface area contributed by atoms with E-state index in [1.165, 1.54) is 6.07 Å². The molecular formula is C18H19ClFN5. The molecular weight excluding hydrogens is 341 g/mol. The Morgan fingerprint density at radius 1 is 1.20 bits per heavy atom. The molecule has 0 radical (unpaired) electrons. The second kappa shape index (κ2) is 5.66. The van der Waals surface area contributed by atoms with Crippen molar-refractivity contribution in [3.8, 4) is 0 Å². The van der Waals surface area contributed by atoms with Gasteiger partial charge in [-0.2, -0.15) is 4.52 Å².